The van der Waals surface area contributed by atoms with Gasteiger partial charge in [0.1, 0.15) is 5.75 Å². The normalized spacial score (nSPS) is 14.1. The number of nitrogens with one attached hydrogen (secondary N) is 1. The quantitative estimate of drug-likeness (QED) is 0.866. The van der Waals surface area contributed by atoms with Crippen LogP contribution in [0.15, 0.2) is 43.0 Å². The fourth-order valence-electron chi connectivity index (χ4n) is 2.30. The van der Waals surface area contributed by atoms with Gasteiger partial charge in [-0.2, -0.15) is 0 Å². The van der Waals surface area contributed by atoms with Crippen LogP contribution in [0.2, 0.25) is 0 Å². The van der Waals surface area contributed by atoms with Gasteiger partial charge >= 0.3 is 0 Å². The summed E-state index contributed by atoms with van der Waals surface area (Å²) in [5.74, 6) is 0.928. The van der Waals surface area contributed by atoms with Gasteiger partial charge in [-0.3, -0.25) is 0 Å². The van der Waals surface area contributed by atoms with Crippen LogP contribution < -0.4 is 10.1 Å². The first kappa shape index (κ1) is 13.6. The molecule has 0 saturated carbocycles. The third-order valence-electron chi connectivity index (χ3n) is 3.18. The highest BCUT2D eigenvalue weighted by Gasteiger charge is 2.13. The van der Waals surface area contributed by atoms with E-state index in [0.717, 1.165) is 12.3 Å². The molecule has 0 radical (unpaired) electrons. The average molecular weight is 259 g/mol. The largest absolute Gasteiger partial charge is 0.496 e. The van der Waals surface area contributed by atoms with E-state index in [0.29, 0.717) is 6.04 Å². The molecule has 102 valence electrons. The lowest BCUT2D eigenvalue weighted by atomic mass is 10.1. The van der Waals surface area contributed by atoms with Gasteiger partial charge in [-0.25, -0.2) is 4.98 Å². The molecule has 2 rings (SSSR count). The molecule has 19 heavy (non-hydrogen) atoms. The van der Waals surface area contributed by atoms with Crippen LogP contribution in [-0.2, 0) is 6.54 Å². The maximum absolute atomic E-state index is 5.40. The molecule has 0 bridgehead atoms. The number of nitrogens with zero attached hydrogens (tertiary/aromatic N) is 2. The van der Waals surface area contributed by atoms with Crippen LogP contribution in [-0.4, -0.2) is 22.7 Å². The summed E-state index contributed by atoms with van der Waals surface area (Å²) in [4.78, 5) is 4.06. The zero-order valence-electron chi connectivity index (χ0n) is 11.7. The maximum Gasteiger partial charge on any atom is 0.123 e. The van der Waals surface area contributed by atoms with Crippen LogP contribution in [0.1, 0.15) is 25.5 Å². The standard InChI is InChI=1S/C15H21N3O/c1-12(10-18-9-8-16-11-18)17-13(2)14-6-4-5-7-15(14)19-3/h4-9,11-13,17H,10H2,1-3H3. The van der Waals surface area contributed by atoms with E-state index in [2.05, 4.69) is 34.8 Å². The SMILES string of the molecule is COc1ccccc1C(C)NC(C)Cn1ccnc1. The Kier molecular flexibility index (Phi) is 4.58. The highest BCUT2D eigenvalue weighted by molar-refractivity contribution is 5.35. The van der Waals surface area contributed by atoms with Crippen molar-refractivity contribution in [2.75, 3.05) is 7.11 Å². The molecule has 0 aliphatic heterocycles. The Balaban J connectivity index is 1.98. The molecule has 0 aliphatic rings. The van der Waals surface area contributed by atoms with E-state index in [-0.39, 0.29) is 6.04 Å². The summed E-state index contributed by atoms with van der Waals surface area (Å²) >= 11 is 0. The number of methoxy groups -OCH3 is 1. The summed E-state index contributed by atoms with van der Waals surface area (Å²) in [5.41, 5.74) is 1.18. The summed E-state index contributed by atoms with van der Waals surface area (Å²) in [7, 11) is 1.71. The predicted octanol–water partition coefficient (Wildman–Crippen LogP) is 2.63. The summed E-state index contributed by atoms with van der Waals surface area (Å²) < 4.78 is 7.47. The van der Waals surface area contributed by atoms with Gasteiger partial charge in [0.15, 0.2) is 0 Å². The van der Waals surface area contributed by atoms with Crippen LogP contribution in [0.4, 0.5) is 0 Å². The molecule has 1 aromatic carbocycles. The second kappa shape index (κ2) is 6.38. The van der Waals surface area contributed by atoms with Gasteiger partial charge in [0.05, 0.1) is 13.4 Å². The predicted molar refractivity (Wildman–Crippen MR) is 76.2 cm³/mol. The Morgan fingerprint density at radius 2 is 2.11 bits per heavy atom. The van der Waals surface area contributed by atoms with E-state index in [4.69, 9.17) is 4.74 Å². The van der Waals surface area contributed by atoms with Crippen molar-refractivity contribution in [2.24, 2.45) is 0 Å². The molecule has 0 spiro atoms. The molecule has 2 atom stereocenters. The molecule has 1 heterocycles. The van der Waals surface area contributed by atoms with Crippen LogP contribution in [0.5, 0.6) is 5.75 Å². The number of hydrogen-bond acceptors (Lipinski definition) is 3. The highest BCUT2D eigenvalue weighted by Crippen LogP contribution is 2.24. The lowest BCUT2D eigenvalue weighted by Crippen LogP contribution is -2.32. The summed E-state index contributed by atoms with van der Waals surface area (Å²) in [5, 5.41) is 3.58. The van der Waals surface area contributed by atoms with Gasteiger partial charge in [0, 0.05) is 36.6 Å². The van der Waals surface area contributed by atoms with Gasteiger partial charge in [0.25, 0.3) is 0 Å². The minimum atomic E-state index is 0.245. The Labute approximate surface area is 114 Å². The van der Waals surface area contributed by atoms with E-state index >= 15 is 0 Å². The molecule has 0 amide bonds. The van der Waals surface area contributed by atoms with Gasteiger partial charge in [-0.1, -0.05) is 18.2 Å². The molecule has 2 aromatic rings. The fraction of sp³-hybridized carbons (Fsp3) is 0.400. The number of hydrogen-bond donors (Lipinski definition) is 1. The lowest BCUT2D eigenvalue weighted by Gasteiger charge is -2.22. The second-order valence-electron chi connectivity index (χ2n) is 4.79. The van der Waals surface area contributed by atoms with E-state index in [1.54, 1.807) is 13.3 Å². The molecular weight excluding hydrogens is 238 g/mol. The fourth-order valence-corrected chi connectivity index (χ4v) is 2.30. The van der Waals surface area contributed by atoms with Crippen molar-refractivity contribution in [1.82, 2.24) is 14.9 Å². The van der Waals surface area contributed by atoms with Crippen molar-refractivity contribution < 1.29 is 4.74 Å². The Hall–Kier alpha value is -1.81. The van der Waals surface area contributed by atoms with E-state index in [9.17, 15) is 0 Å². The summed E-state index contributed by atoms with van der Waals surface area (Å²) in [6, 6.07) is 8.72. The Morgan fingerprint density at radius 1 is 1.32 bits per heavy atom. The van der Waals surface area contributed by atoms with Crippen LogP contribution in [0, 0.1) is 0 Å². The molecule has 0 fully saturated rings. The molecular formula is C15H21N3O. The number of rotatable bonds is 6. The topological polar surface area (TPSA) is 39.1 Å². The van der Waals surface area contributed by atoms with Gasteiger partial charge in [-0.05, 0) is 19.9 Å². The summed E-state index contributed by atoms with van der Waals surface area (Å²) in [6.07, 6.45) is 5.62. The van der Waals surface area contributed by atoms with Crippen LogP contribution in [0.25, 0.3) is 0 Å². The van der Waals surface area contributed by atoms with Crippen molar-refractivity contribution in [3.63, 3.8) is 0 Å². The van der Waals surface area contributed by atoms with Crippen LogP contribution >= 0.6 is 0 Å². The molecule has 0 saturated heterocycles. The van der Waals surface area contributed by atoms with Crippen molar-refractivity contribution in [2.45, 2.75) is 32.5 Å². The lowest BCUT2D eigenvalue weighted by molar-refractivity contribution is 0.387. The minimum absolute atomic E-state index is 0.245. The first-order valence-electron chi connectivity index (χ1n) is 6.55. The number of benzene rings is 1. The molecule has 1 N–H and O–H groups in total. The monoisotopic (exact) mass is 259 g/mol. The van der Waals surface area contributed by atoms with E-state index < -0.39 is 0 Å². The van der Waals surface area contributed by atoms with Crippen LogP contribution in [0.3, 0.4) is 0 Å². The maximum atomic E-state index is 5.40. The van der Waals surface area contributed by atoms with Crippen molar-refractivity contribution >= 4 is 0 Å². The van der Waals surface area contributed by atoms with E-state index in [1.165, 1.54) is 5.56 Å². The number of aromatic nitrogens is 2. The summed E-state index contributed by atoms with van der Waals surface area (Å²) in [6.45, 7) is 5.23. The molecule has 0 aliphatic carbocycles. The third kappa shape index (κ3) is 3.58. The first-order valence-corrected chi connectivity index (χ1v) is 6.55. The number of ether oxygens (including phenoxy) is 1. The van der Waals surface area contributed by atoms with E-state index in [1.807, 2.05) is 30.7 Å². The molecule has 1 aromatic heterocycles. The Bertz CT molecular complexity index is 496. The van der Waals surface area contributed by atoms with Gasteiger partial charge in [-0.15, -0.1) is 0 Å². The van der Waals surface area contributed by atoms with Crippen molar-refractivity contribution in [3.05, 3.63) is 48.5 Å². The highest BCUT2D eigenvalue weighted by atomic mass is 16.5. The molecule has 4 nitrogen and oxygen atoms in total. The smallest absolute Gasteiger partial charge is 0.123 e. The second-order valence-corrected chi connectivity index (χ2v) is 4.79. The zero-order chi connectivity index (χ0) is 13.7. The average Bonchev–Trinajstić information content (AvgIpc) is 2.91. The number of para-hydroxylation sites is 1. The third-order valence-corrected chi connectivity index (χ3v) is 3.18. The van der Waals surface area contributed by atoms with Crippen molar-refractivity contribution in [3.8, 4) is 5.75 Å². The minimum Gasteiger partial charge on any atom is -0.496 e. The van der Waals surface area contributed by atoms with Crippen molar-refractivity contribution in [1.29, 1.82) is 0 Å². The molecule has 4 heteroatoms. The van der Waals surface area contributed by atoms with Gasteiger partial charge < -0.3 is 14.6 Å². The zero-order valence-corrected chi connectivity index (χ0v) is 11.7. The number of imidazole rings is 1. The molecule has 2 unspecified atom stereocenters. The Morgan fingerprint density at radius 3 is 2.79 bits per heavy atom. The van der Waals surface area contributed by atoms with Gasteiger partial charge in [0.2, 0.25) is 0 Å². The first-order chi connectivity index (χ1) is 9.20.